The van der Waals surface area contributed by atoms with Gasteiger partial charge in [0, 0.05) is 19.0 Å². The van der Waals surface area contributed by atoms with Gasteiger partial charge in [0.05, 0.1) is 17.4 Å². The van der Waals surface area contributed by atoms with Crippen LogP contribution in [0.3, 0.4) is 0 Å². The van der Waals surface area contributed by atoms with Gasteiger partial charge in [0.15, 0.2) is 15.7 Å². The van der Waals surface area contributed by atoms with Crippen molar-refractivity contribution in [2.24, 2.45) is 5.73 Å². The lowest BCUT2D eigenvalue weighted by molar-refractivity contribution is 0.602. The molecular weight excluding hydrogens is 276 g/mol. The summed E-state index contributed by atoms with van der Waals surface area (Å²) in [5.74, 6) is 0.356. The Balaban J connectivity index is 2.53. The van der Waals surface area contributed by atoms with Crippen LogP contribution in [0.1, 0.15) is 5.56 Å². The van der Waals surface area contributed by atoms with Gasteiger partial charge in [-0.1, -0.05) is 11.6 Å². The summed E-state index contributed by atoms with van der Waals surface area (Å²) in [6, 6.07) is 1.70. The molecule has 0 amide bonds. The first-order valence-corrected chi connectivity index (χ1v) is 7.29. The van der Waals surface area contributed by atoms with Crippen molar-refractivity contribution in [3.63, 3.8) is 0 Å². The van der Waals surface area contributed by atoms with Crippen LogP contribution in [-0.2, 0) is 16.4 Å². The molecule has 2 N–H and O–H groups in total. The summed E-state index contributed by atoms with van der Waals surface area (Å²) in [5, 5.41) is 4.30. The first-order chi connectivity index (χ1) is 8.43. The lowest BCUT2D eigenvalue weighted by atomic mass is 10.2. The number of nitrogens with two attached hydrogens (primary N) is 1. The normalized spacial score (nSPS) is 11.7. The third kappa shape index (κ3) is 2.38. The molecule has 96 valence electrons. The number of pyridine rings is 1. The second-order valence-corrected chi connectivity index (χ2v) is 6.10. The van der Waals surface area contributed by atoms with Gasteiger partial charge < -0.3 is 5.73 Å². The van der Waals surface area contributed by atoms with E-state index in [0.717, 1.165) is 11.8 Å². The van der Waals surface area contributed by atoms with Gasteiger partial charge >= 0.3 is 0 Å². The third-order valence-corrected chi connectivity index (χ3v) is 3.85. The Hall–Kier alpha value is -1.44. The maximum Gasteiger partial charge on any atom is 0.178 e. The zero-order chi connectivity index (χ0) is 13.3. The molecule has 0 aliphatic rings. The fourth-order valence-corrected chi connectivity index (χ4v) is 2.21. The van der Waals surface area contributed by atoms with Crippen LogP contribution in [0, 0.1) is 0 Å². The molecule has 2 aromatic heterocycles. The van der Waals surface area contributed by atoms with Gasteiger partial charge in [-0.3, -0.25) is 0 Å². The van der Waals surface area contributed by atoms with Crippen molar-refractivity contribution < 1.29 is 8.42 Å². The van der Waals surface area contributed by atoms with Crippen LogP contribution in [0.2, 0.25) is 5.02 Å². The molecule has 0 aromatic carbocycles. The van der Waals surface area contributed by atoms with Gasteiger partial charge in [0.2, 0.25) is 0 Å². The number of aromatic nitrogens is 3. The molecule has 0 aliphatic carbocycles. The van der Waals surface area contributed by atoms with Crippen LogP contribution < -0.4 is 5.73 Å². The lowest BCUT2D eigenvalue weighted by Crippen LogP contribution is -2.04. The highest BCUT2D eigenvalue weighted by Crippen LogP contribution is 2.22. The van der Waals surface area contributed by atoms with Gasteiger partial charge in [-0.2, -0.15) is 5.10 Å². The number of hydrogen-bond acceptors (Lipinski definition) is 5. The van der Waals surface area contributed by atoms with Crippen molar-refractivity contribution >= 4 is 21.4 Å². The number of sulfone groups is 1. The highest BCUT2D eigenvalue weighted by atomic mass is 35.5. The van der Waals surface area contributed by atoms with Crippen molar-refractivity contribution in [3.8, 4) is 5.82 Å². The third-order valence-electron chi connectivity index (χ3n) is 2.37. The summed E-state index contributed by atoms with van der Waals surface area (Å²) in [7, 11) is -3.30. The second-order valence-electron chi connectivity index (χ2n) is 3.70. The predicted molar refractivity (Wildman–Crippen MR) is 67.4 cm³/mol. The van der Waals surface area contributed by atoms with E-state index in [2.05, 4.69) is 10.1 Å². The van der Waals surface area contributed by atoms with Gasteiger partial charge in [-0.15, -0.1) is 0 Å². The molecule has 0 unspecified atom stereocenters. The van der Waals surface area contributed by atoms with E-state index < -0.39 is 9.84 Å². The van der Waals surface area contributed by atoms with Crippen molar-refractivity contribution in [1.82, 2.24) is 14.8 Å². The molecule has 2 aromatic rings. The maximum atomic E-state index is 11.4. The highest BCUT2D eigenvalue weighted by Gasteiger charge is 2.14. The van der Waals surface area contributed by atoms with E-state index in [4.69, 9.17) is 17.3 Å². The largest absolute Gasteiger partial charge is 0.326 e. The Labute approximate surface area is 109 Å². The smallest absolute Gasteiger partial charge is 0.178 e. The van der Waals surface area contributed by atoms with E-state index in [1.54, 1.807) is 12.3 Å². The molecule has 18 heavy (non-hydrogen) atoms. The van der Waals surface area contributed by atoms with Crippen molar-refractivity contribution in [2.45, 2.75) is 11.4 Å². The molecular formula is C10H11ClN4O2S. The summed E-state index contributed by atoms with van der Waals surface area (Å²) in [6.45, 7) is 0.272. The number of rotatable bonds is 3. The average Bonchev–Trinajstić information content (AvgIpc) is 2.78. The van der Waals surface area contributed by atoms with Crippen LogP contribution >= 0.6 is 11.6 Å². The van der Waals surface area contributed by atoms with E-state index in [1.807, 2.05) is 0 Å². The SMILES string of the molecule is CS(=O)(=O)c1cnn(-c2nccc(CN)c2Cl)c1. The fourth-order valence-electron chi connectivity index (χ4n) is 1.40. The van der Waals surface area contributed by atoms with Crippen molar-refractivity contribution in [1.29, 1.82) is 0 Å². The van der Waals surface area contributed by atoms with E-state index in [0.29, 0.717) is 10.8 Å². The van der Waals surface area contributed by atoms with Crippen LogP contribution in [-0.4, -0.2) is 29.4 Å². The zero-order valence-corrected chi connectivity index (χ0v) is 11.1. The molecule has 0 aliphatic heterocycles. The average molecular weight is 287 g/mol. The Morgan fingerprint density at radius 2 is 2.22 bits per heavy atom. The van der Waals surface area contributed by atoms with E-state index in [9.17, 15) is 8.42 Å². The Morgan fingerprint density at radius 1 is 1.50 bits per heavy atom. The summed E-state index contributed by atoms with van der Waals surface area (Å²) in [5.41, 5.74) is 6.25. The minimum atomic E-state index is -3.30. The maximum absolute atomic E-state index is 11.4. The molecule has 0 fully saturated rings. The molecule has 2 heterocycles. The molecule has 2 rings (SSSR count). The second kappa shape index (κ2) is 4.68. The lowest BCUT2D eigenvalue weighted by Gasteiger charge is -2.06. The summed E-state index contributed by atoms with van der Waals surface area (Å²) < 4.78 is 24.0. The van der Waals surface area contributed by atoms with E-state index >= 15 is 0 Å². The number of halogens is 1. The summed E-state index contributed by atoms with van der Waals surface area (Å²) >= 11 is 6.11. The number of nitrogens with zero attached hydrogens (tertiary/aromatic N) is 3. The Bertz CT molecular complexity index is 681. The molecule has 0 atom stereocenters. The molecule has 0 saturated carbocycles. The van der Waals surface area contributed by atoms with Gasteiger partial charge in [-0.05, 0) is 11.6 Å². The quantitative estimate of drug-likeness (QED) is 0.900. The molecule has 0 bridgehead atoms. The molecule has 0 radical (unpaired) electrons. The monoisotopic (exact) mass is 286 g/mol. The van der Waals surface area contributed by atoms with Crippen molar-refractivity contribution in [2.75, 3.05) is 6.26 Å². The van der Waals surface area contributed by atoms with Gasteiger partial charge in [0.1, 0.15) is 4.90 Å². The number of hydrogen-bond donors (Lipinski definition) is 1. The first-order valence-electron chi connectivity index (χ1n) is 5.02. The minimum absolute atomic E-state index is 0.110. The van der Waals surface area contributed by atoms with E-state index in [1.165, 1.54) is 17.1 Å². The molecule has 6 nitrogen and oxygen atoms in total. The molecule has 0 spiro atoms. The standard InChI is InChI=1S/C10H11ClN4O2S/c1-18(16,17)8-5-14-15(6-8)10-9(11)7(4-12)2-3-13-10/h2-3,5-6H,4,12H2,1H3. The van der Waals surface area contributed by atoms with Crippen LogP contribution in [0.4, 0.5) is 0 Å². The van der Waals surface area contributed by atoms with Crippen LogP contribution in [0.25, 0.3) is 5.82 Å². The Morgan fingerprint density at radius 3 is 2.78 bits per heavy atom. The Kier molecular flexibility index (Phi) is 3.38. The topological polar surface area (TPSA) is 90.9 Å². The summed E-state index contributed by atoms with van der Waals surface area (Å²) in [6.07, 6.45) is 5.28. The first kappa shape index (κ1) is 13.0. The van der Waals surface area contributed by atoms with Crippen molar-refractivity contribution in [3.05, 3.63) is 35.2 Å². The van der Waals surface area contributed by atoms with E-state index in [-0.39, 0.29) is 11.4 Å². The van der Waals surface area contributed by atoms with Gasteiger partial charge in [0.25, 0.3) is 0 Å². The van der Waals surface area contributed by atoms with Crippen LogP contribution in [0.15, 0.2) is 29.6 Å². The van der Waals surface area contributed by atoms with Crippen LogP contribution in [0.5, 0.6) is 0 Å². The summed E-state index contributed by atoms with van der Waals surface area (Å²) in [4.78, 5) is 4.18. The molecule has 8 heteroatoms. The highest BCUT2D eigenvalue weighted by molar-refractivity contribution is 7.90. The van der Waals surface area contributed by atoms with Gasteiger partial charge in [-0.25, -0.2) is 18.1 Å². The molecule has 0 saturated heterocycles. The zero-order valence-electron chi connectivity index (χ0n) is 9.54. The predicted octanol–water partition coefficient (Wildman–Crippen LogP) is 0.783. The minimum Gasteiger partial charge on any atom is -0.326 e. The fraction of sp³-hybridized carbons (Fsp3) is 0.200.